The molecule has 0 aliphatic heterocycles. The molecular formula is C16H20N2O2S. The predicted octanol–water partition coefficient (Wildman–Crippen LogP) is 2.65. The summed E-state index contributed by atoms with van der Waals surface area (Å²) >= 11 is 0. The van der Waals surface area contributed by atoms with Crippen LogP contribution < -0.4 is 5.73 Å². The summed E-state index contributed by atoms with van der Waals surface area (Å²) in [6, 6.07) is 14.3. The predicted molar refractivity (Wildman–Crippen MR) is 85.3 cm³/mol. The zero-order chi connectivity index (χ0) is 15.5. The van der Waals surface area contributed by atoms with Crippen molar-refractivity contribution < 1.29 is 8.42 Å². The second kappa shape index (κ2) is 6.28. The molecule has 0 heterocycles. The fourth-order valence-electron chi connectivity index (χ4n) is 2.08. The Balaban J connectivity index is 2.20. The highest BCUT2D eigenvalue weighted by Crippen LogP contribution is 2.19. The van der Waals surface area contributed by atoms with E-state index in [9.17, 15) is 8.42 Å². The maximum absolute atomic E-state index is 12.5. The summed E-state index contributed by atoms with van der Waals surface area (Å²) in [6.07, 6.45) is 0.970. The van der Waals surface area contributed by atoms with Crippen molar-refractivity contribution in [3.05, 3.63) is 59.7 Å². The average molecular weight is 304 g/mol. The zero-order valence-electron chi connectivity index (χ0n) is 12.3. The number of benzene rings is 2. The van der Waals surface area contributed by atoms with Crippen molar-refractivity contribution >= 4 is 15.7 Å². The van der Waals surface area contributed by atoms with E-state index in [1.165, 1.54) is 15.9 Å². The van der Waals surface area contributed by atoms with E-state index in [1.54, 1.807) is 25.2 Å². The van der Waals surface area contributed by atoms with E-state index >= 15 is 0 Å². The van der Waals surface area contributed by atoms with E-state index in [0.29, 0.717) is 12.2 Å². The molecule has 0 amide bonds. The van der Waals surface area contributed by atoms with Crippen molar-refractivity contribution in [1.82, 2.24) is 4.31 Å². The quantitative estimate of drug-likeness (QED) is 0.864. The summed E-state index contributed by atoms with van der Waals surface area (Å²) in [7, 11) is -1.95. The molecule has 0 aromatic heterocycles. The molecule has 21 heavy (non-hydrogen) atoms. The molecule has 0 radical (unpaired) electrons. The van der Waals surface area contributed by atoms with E-state index in [-0.39, 0.29) is 4.90 Å². The molecule has 0 fully saturated rings. The summed E-state index contributed by atoms with van der Waals surface area (Å²) in [5, 5.41) is 0. The maximum Gasteiger partial charge on any atom is 0.243 e. The van der Waals surface area contributed by atoms with Gasteiger partial charge in [0.2, 0.25) is 10.0 Å². The first-order valence-corrected chi connectivity index (χ1v) is 8.27. The topological polar surface area (TPSA) is 63.4 Å². The van der Waals surface area contributed by atoms with Gasteiger partial charge in [-0.2, -0.15) is 4.31 Å². The van der Waals surface area contributed by atoms with Gasteiger partial charge in [0.15, 0.2) is 0 Å². The van der Waals surface area contributed by atoms with Crippen LogP contribution in [0.5, 0.6) is 0 Å². The number of nitrogens with zero attached hydrogens (tertiary/aromatic N) is 1. The molecule has 2 aromatic carbocycles. The number of nitrogens with two attached hydrogens (primary N) is 1. The summed E-state index contributed by atoms with van der Waals surface area (Å²) in [5.74, 6) is 0. The van der Waals surface area contributed by atoms with Crippen LogP contribution in [0.25, 0.3) is 0 Å². The van der Waals surface area contributed by atoms with Gasteiger partial charge in [0.1, 0.15) is 0 Å². The molecule has 4 nitrogen and oxygen atoms in total. The first kappa shape index (κ1) is 15.5. The van der Waals surface area contributed by atoms with Gasteiger partial charge in [-0.25, -0.2) is 8.42 Å². The molecule has 0 unspecified atom stereocenters. The van der Waals surface area contributed by atoms with Crippen LogP contribution in [0.3, 0.4) is 0 Å². The molecule has 0 saturated heterocycles. The molecule has 2 N–H and O–H groups in total. The number of hydrogen-bond donors (Lipinski definition) is 1. The van der Waals surface area contributed by atoms with Crippen LogP contribution >= 0.6 is 0 Å². The normalized spacial score (nSPS) is 11.8. The van der Waals surface area contributed by atoms with Crippen LogP contribution in [0, 0.1) is 0 Å². The van der Waals surface area contributed by atoms with Crippen LogP contribution in [-0.2, 0) is 23.0 Å². The Bertz CT molecular complexity index is 709. The smallest absolute Gasteiger partial charge is 0.243 e. The van der Waals surface area contributed by atoms with Gasteiger partial charge in [-0.15, -0.1) is 0 Å². The molecule has 0 saturated carbocycles. The van der Waals surface area contributed by atoms with Crippen LogP contribution in [-0.4, -0.2) is 19.8 Å². The Kier molecular flexibility index (Phi) is 4.65. The SMILES string of the molecule is CCc1ccc(CN(C)S(=O)(=O)c2cccc(N)c2)cc1. The molecule has 2 aromatic rings. The van der Waals surface area contributed by atoms with Gasteiger partial charge in [0.05, 0.1) is 4.90 Å². The molecule has 0 spiro atoms. The van der Waals surface area contributed by atoms with Crippen molar-refractivity contribution in [3.63, 3.8) is 0 Å². The van der Waals surface area contributed by atoms with Gasteiger partial charge < -0.3 is 5.73 Å². The summed E-state index contributed by atoms with van der Waals surface area (Å²) in [4.78, 5) is 0.218. The van der Waals surface area contributed by atoms with Gasteiger partial charge in [0.25, 0.3) is 0 Å². The Hall–Kier alpha value is -1.85. The minimum absolute atomic E-state index is 0.218. The van der Waals surface area contributed by atoms with Crippen molar-refractivity contribution in [2.75, 3.05) is 12.8 Å². The fourth-order valence-corrected chi connectivity index (χ4v) is 3.29. The van der Waals surface area contributed by atoms with Crippen molar-refractivity contribution in [1.29, 1.82) is 0 Å². The Morgan fingerprint density at radius 2 is 1.67 bits per heavy atom. The number of rotatable bonds is 5. The Morgan fingerprint density at radius 3 is 2.24 bits per heavy atom. The molecule has 5 heteroatoms. The summed E-state index contributed by atoms with van der Waals surface area (Å²) in [5.41, 5.74) is 8.29. The molecule has 112 valence electrons. The third-order valence-electron chi connectivity index (χ3n) is 3.40. The van der Waals surface area contributed by atoms with Gasteiger partial charge in [-0.1, -0.05) is 37.3 Å². The van der Waals surface area contributed by atoms with E-state index in [2.05, 4.69) is 6.92 Å². The number of nitrogen functional groups attached to an aromatic ring is 1. The first-order chi connectivity index (χ1) is 9.93. The van der Waals surface area contributed by atoms with Gasteiger partial charge in [-0.05, 0) is 35.7 Å². The Labute approximate surface area is 126 Å². The van der Waals surface area contributed by atoms with Crippen LogP contribution in [0.1, 0.15) is 18.1 Å². The number of aryl methyl sites for hydroxylation is 1. The largest absolute Gasteiger partial charge is 0.399 e. The number of anilines is 1. The van der Waals surface area contributed by atoms with Crippen LogP contribution in [0.4, 0.5) is 5.69 Å². The Morgan fingerprint density at radius 1 is 1.05 bits per heavy atom. The standard InChI is InChI=1S/C16H20N2O2S/c1-3-13-7-9-14(10-8-13)12-18(2)21(19,20)16-6-4-5-15(17)11-16/h4-11H,3,12,17H2,1-2H3. The molecule has 0 aliphatic rings. The van der Waals surface area contributed by atoms with E-state index < -0.39 is 10.0 Å². The number of hydrogen-bond acceptors (Lipinski definition) is 3. The lowest BCUT2D eigenvalue weighted by atomic mass is 10.1. The third kappa shape index (κ3) is 3.62. The average Bonchev–Trinajstić information content (AvgIpc) is 2.48. The van der Waals surface area contributed by atoms with Crippen molar-refractivity contribution in [2.24, 2.45) is 0 Å². The van der Waals surface area contributed by atoms with Crippen molar-refractivity contribution in [3.8, 4) is 0 Å². The minimum atomic E-state index is -3.52. The first-order valence-electron chi connectivity index (χ1n) is 6.83. The monoisotopic (exact) mass is 304 g/mol. The minimum Gasteiger partial charge on any atom is -0.399 e. The molecule has 2 rings (SSSR count). The van der Waals surface area contributed by atoms with Crippen LogP contribution in [0.15, 0.2) is 53.4 Å². The zero-order valence-corrected chi connectivity index (χ0v) is 13.1. The molecule has 0 atom stereocenters. The summed E-state index contributed by atoms with van der Waals surface area (Å²) in [6.45, 7) is 2.42. The van der Waals surface area contributed by atoms with Crippen molar-refractivity contribution in [2.45, 2.75) is 24.8 Å². The van der Waals surface area contributed by atoms with E-state index in [0.717, 1.165) is 12.0 Å². The number of sulfonamides is 1. The van der Waals surface area contributed by atoms with Gasteiger partial charge in [-0.3, -0.25) is 0 Å². The van der Waals surface area contributed by atoms with Gasteiger partial charge in [0, 0.05) is 19.3 Å². The lowest BCUT2D eigenvalue weighted by Crippen LogP contribution is -2.26. The molecular weight excluding hydrogens is 284 g/mol. The lowest BCUT2D eigenvalue weighted by molar-refractivity contribution is 0.466. The highest BCUT2D eigenvalue weighted by atomic mass is 32.2. The highest BCUT2D eigenvalue weighted by Gasteiger charge is 2.20. The fraction of sp³-hybridized carbons (Fsp3) is 0.250. The van der Waals surface area contributed by atoms with E-state index in [4.69, 9.17) is 5.73 Å². The highest BCUT2D eigenvalue weighted by molar-refractivity contribution is 7.89. The van der Waals surface area contributed by atoms with Gasteiger partial charge >= 0.3 is 0 Å². The molecule has 0 aliphatic carbocycles. The van der Waals surface area contributed by atoms with E-state index in [1.807, 2.05) is 24.3 Å². The maximum atomic E-state index is 12.5. The summed E-state index contributed by atoms with van der Waals surface area (Å²) < 4.78 is 26.3. The lowest BCUT2D eigenvalue weighted by Gasteiger charge is -2.17. The second-order valence-corrected chi connectivity index (χ2v) is 7.05. The second-order valence-electron chi connectivity index (χ2n) is 5.00. The van der Waals surface area contributed by atoms with Crippen LogP contribution in [0.2, 0.25) is 0 Å². The third-order valence-corrected chi connectivity index (χ3v) is 5.20. The molecule has 0 bridgehead atoms.